The van der Waals surface area contributed by atoms with Gasteiger partial charge in [0.1, 0.15) is 4.90 Å². The first-order valence-electron chi connectivity index (χ1n) is 5.45. The van der Waals surface area contributed by atoms with E-state index in [0.29, 0.717) is 18.4 Å². The maximum atomic E-state index is 12.0. The zero-order valence-electron chi connectivity index (χ0n) is 9.48. The average molecular weight is 319 g/mol. The lowest BCUT2D eigenvalue weighted by Crippen LogP contribution is -2.26. The van der Waals surface area contributed by atoms with E-state index in [2.05, 4.69) is 27.6 Å². The van der Waals surface area contributed by atoms with Crippen LogP contribution in [0.5, 0.6) is 0 Å². The van der Waals surface area contributed by atoms with Crippen molar-refractivity contribution >= 4 is 31.6 Å². The predicted molar refractivity (Wildman–Crippen MR) is 71.0 cm³/mol. The summed E-state index contributed by atoms with van der Waals surface area (Å²) in [4.78, 5) is 0.147. The SMILES string of the molecule is CC1CC1CNS(=O)(=O)c1ccc(Br)cc1N. The maximum absolute atomic E-state index is 12.0. The van der Waals surface area contributed by atoms with Crippen molar-refractivity contribution in [3.8, 4) is 0 Å². The van der Waals surface area contributed by atoms with E-state index in [-0.39, 0.29) is 10.6 Å². The lowest BCUT2D eigenvalue weighted by molar-refractivity contribution is 0.575. The fraction of sp³-hybridized carbons (Fsp3) is 0.455. The zero-order chi connectivity index (χ0) is 12.6. The minimum absolute atomic E-state index is 0.147. The Bertz CT molecular complexity index is 530. The van der Waals surface area contributed by atoms with Crippen molar-refractivity contribution in [3.05, 3.63) is 22.7 Å². The van der Waals surface area contributed by atoms with Gasteiger partial charge in [0.25, 0.3) is 0 Å². The van der Waals surface area contributed by atoms with Crippen LogP contribution in [-0.2, 0) is 10.0 Å². The van der Waals surface area contributed by atoms with Crippen molar-refractivity contribution in [3.63, 3.8) is 0 Å². The highest BCUT2D eigenvalue weighted by Gasteiger charge is 2.33. The molecule has 3 N–H and O–H groups in total. The molecule has 0 radical (unpaired) electrons. The van der Waals surface area contributed by atoms with Gasteiger partial charge in [-0.3, -0.25) is 0 Å². The molecule has 0 bridgehead atoms. The molecule has 4 nitrogen and oxygen atoms in total. The summed E-state index contributed by atoms with van der Waals surface area (Å²) in [6, 6.07) is 4.77. The van der Waals surface area contributed by atoms with Gasteiger partial charge in [-0.1, -0.05) is 22.9 Å². The number of nitrogens with two attached hydrogens (primary N) is 1. The van der Waals surface area contributed by atoms with Gasteiger partial charge in [-0.2, -0.15) is 0 Å². The zero-order valence-corrected chi connectivity index (χ0v) is 11.9. The fourth-order valence-corrected chi connectivity index (χ4v) is 3.33. The largest absolute Gasteiger partial charge is 0.398 e. The Balaban J connectivity index is 2.13. The molecule has 1 fully saturated rings. The first-order valence-corrected chi connectivity index (χ1v) is 7.72. The molecule has 6 heteroatoms. The molecule has 1 aromatic carbocycles. The molecule has 1 aliphatic rings. The van der Waals surface area contributed by atoms with Crippen molar-refractivity contribution in [1.29, 1.82) is 0 Å². The molecule has 0 aliphatic heterocycles. The Kier molecular flexibility index (Phi) is 3.47. The van der Waals surface area contributed by atoms with Crippen LogP contribution in [0.3, 0.4) is 0 Å². The van der Waals surface area contributed by atoms with Gasteiger partial charge in [0.05, 0.1) is 5.69 Å². The Hall–Kier alpha value is -0.590. The molecule has 0 heterocycles. The molecule has 0 spiro atoms. The number of halogens is 1. The van der Waals surface area contributed by atoms with Crippen LogP contribution in [0.2, 0.25) is 0 Å². The van der Waals surface area contributed by atoms with Crippen LogP contribution in [0, 0.1) is 11.8 Å². The van der Waals surface area contributed by atoms with E-state index in [4.69, 9.17) is 5.73 Å². The highest BCUT2D eigenvalue weighted by atomic mass is 79.9. The van der Waals surface area contributed by atoms with E-state index in [1.807, 2.05) is 0 Å². The van der Waals surface area contributed by atoms with Crippen LogP contribution in [0.1, 0.15) is 13.3 Å². The number of sulfonamides is 1. The van der Waals surface area contributed by atoms with E-state index < -0.39 is 10.0 Å². The van der Waals surface area contributed by atoms with Crippen molar-refractivity contribution in [2.75, 3.05) is 12.3 Å². The molecule has 0 amide bonds. The Morgan fingerprint density at radius 1 is 1.53 bits per heavy atom. The third-order valence-corrected chi connectivity index (χ3v) is 5.06. The van der Waals surface area contributed by atoms with Crippen LogP contribution in [0.25, 0.3) is 0 Å². The van der Waals surface area contributed by atoms with E-state index >= 15 is 0 Å². The highest BCUT2D eigenvalue weighted by Crippen LogP contribution is 2.37. The Morgan fingerprint density at radius 2 is 2.18 bits per heavy atom. The van der Waals surface area contributed by atoms with Gasteiger partial charge in [-0.15, -0.1) is 0 Å². The molecule has 2 rings (SSSR count). The smallest absolute Gasteiger partial charge is 0.242 e. The number of hydrogen-bond acceptors (Lipinski definition) is 3. The molecule has 17 heavy (non-hydrogen) atoms. The van der Waals surface area contributed by atoms with Gasteiger partial charge < -0.3 is 5.73 Å². The van der Waals surface area contributed by atoms with Crippen LogP contribution in [-0.4, -0.2) is 15.0 Å². The summed E-state index contributed by atoms with van der Waals surface area (Å²) in [5.41, 5.74) is 5.97. The van der Waals surface area contributed by atoms with Gasteiger partial charge in [0.15, 0.2) is 0 Å². The Labute approximate surface area is 110 Å². The second-order valence-electron chi connectivity index (χ2n) is 4.51. The van der Waals surface area contributed by atoms with Crippen molar-refractivity contribution in [2.45, 2.75) is 18.2 Å². The fourth-order valence-electron chi connectivity index (χ4n) is 1.74. The molecule has 1 aliphatic carbocycles. The summed E-state index contributed by atoms with van der Waals surface area (Å²) in [6.07, 6.45) is 1.10. The quantitative estimate of drug-likeness (QED) is 0.834. The third kappa shape index (κ3) is 3.00. The summed E-state index contributed by atoms with van der Waals surface area (Å²) >= 11 is 3.25. The monoisotopic (exact) mass is 318 g/mol. The van der Waals surface area contributed by atoms with Gasteiger partial charge in [-0.05, 0) is 36.5 Å². The number of anilines is 1. The van der Waals surface area contributed by atoms with Gasteiger partial charge in [0, 0.05) is 11.0 Å². The predicted octanol–water partition coefficient (Wildman–Crippen LogP) is 1.97. The molecule has 2 atom stereocenters. The Morgan fingerprint density at radius 3 is 2.71 bits per heavy atom. The lowest BCUT2D eigenvalue weighted by Gasteiger charge is -2.09. The number of nitrogens with one attached hydrogen (secondary N) is 1. The van der Waals surface area contributed by atoms with Crippen LogP contribution in [0.4, 0.5) is 5.69 Å². The van der Waals surface area contributed by atoms with Gasteiger partial charge in [0.2, 0.25) is 10.0 Å². The standard InChI is InChI=1S/C11H15BrN2O2S/c1-7-4-8(7)6-14-17(15,16)11-3-2-9(12)5-10(11)13/h2-3,5,7-8,14H,4,6,13H2,1H3. The molecular formula is C11H15BrN2O2S. The second-order valence-corrected chi connectivity index (χ2v) is 7.16. The maximum Gasteiger partial charge on any atom is 0.242 e. The number of hydrogen-bond donors (Lipinski definition) is 2. The summed E-state index contributed by atoms with van der Waals surface area (Å²) in [7, 11) is -3.48. The molecule has 94 valence electrons. The van der Waals surface area contributed by atoms with Crippen LogP contribution < -0.4 is 10.5 Å². The van der Waals surface area contributed by atoms with Crippen molar-refractivity contribution < 1.29 is 8.42 Å². The first kappa shape index (κ1) is 12.9. The third-order valence-electron chi connectivity index (χ3n) is 3.07. The molecule has 1 saturated carbocycles. The highest BCUT2D eigenvalue weighted by molar-refractivity contribution is 9.10. The summed E-state index contributed by atoms with van der Waals surface area (Å²) in [5.74, 6) is 1.10. The van der Waals surface area contributed by atoms with Crippen LogP contribution >= 0.6 is 15.9 Å². The molecule has 0 aromatic heterocycles. The minimum Gasteiger partial charge on any atom is -0.398 e. The normalized spacial score (nSPS) is 23.6. The van der Waals surface area contributed by atoms with Crippen LogP contribution in [0.15, 0.2) is 27.6 Å². The first-order chi connectivity index (χ1) is 7.90. The van der Waals surface area contributed by atoms with Crippen molar-refractivity contribution in [2.24, 2.45) is 11.8 Å². The topological polar surface area (TPSA) is 72.2 Å². The molecule has 2 unspecified atom stereocenters. The average Bonchev–Trinajstić information content (AvgIpc) is 2.91. The van der Waals surface area contributed by atoms with E-state index in [9.17, 15) is 8.42 Å². The van der Waals surface area contributed by atoms with E-state index in [1.165, 1.54) is 6.07 Å². The van der Waals surface area contributed by atoms with Gasteiger partial charge >= 0.3 is 0 Å². The minimum atomic E-state index is -3.48. The lowest BCUT2D eigenvalue weighted by atomic mass is 10.3. The molecule has 1 aromatic rings. The summed E-state index contributed by atoms with van der Waals surface area (Å²) in [6.45, 7) is 2.62. The van der Waals surface area contributed by atoms with E-state index in [1.54, 1.807) is 12.1 Å². The van der Waals surface area contributed by atoms with E-state index in [0.717, 1.165) is 10.9 Å². The number of benzene rings is 1. The number of nitrogen functional groups attached to an aromatic ring is 1. The van der Waals surface area contributed by atoms with Crippen molar-refractivity contribution in [1.82, 2.24) is 4.72 Å². The molecular weight excluding hydrogens is 304 g/mol. The molecule has 0 saturated heterocycles. The number of rotatable bonds is 4. The summed E-state index contributed by atoms with van der Waals surface area (Å²) in [5, 5.41) is 0. The second kappa shape index (κ2) is 4.59. The summed E-state index contributed by atoms with van der Waals surface area (Å²) < 4.78 is 27.4. The van der Waals surface area contributed by atoms with Gasteiger partial charge in [-0.25, -0.2) is 13.1 Å².